The highest BCUT2D eigenvalue weighted by molar-refractivity contribution is 5.56. The Morgan fingerprint density at radius 1 is 1.25 bits per heavy atom. The highest BCUT2D eigenvalue weighted by Gasteiger charge is 2.13. The molecule has 0 aliphatic carbocycles. The van der Waals surface area contributed by atoms with E-state index in [0.29, 0.717) is 24.1 Å². The molecule has 2 N–H and O–H groups in total. The van der Waals surface area contributed by atoms with Gasteiger partial charge in [0.2, 0.25) is 5.82 Å². The van der Waals surface area contributed by atoms with E-state index >= 15 is 0 Å². The largest absolute Gasteiger partial charge is 0.334 e. The van der Waals surface area contributed by atoms with Gasteiger partial charge in [0.15, 0.2) is 5.82 Å². The van der Waals surface area contributed by atoms with Gasteiger partial charge in [-0.15, -0.1) is 0 Å². The van der Waals surface area contributed by atoms with E-state index in [1.165, 1.54) is 5.56 Å². The first-order valence-electron chi connectivity index (χ1n) is 6.38. The Morgan fingerprint density at radius 2 is 2.05 bits per heavy atom. The third kappa shape index (κ3) is 2.33. The minimum atomic E-state index is 0.485. The van der Waals surface area contributed by atoms with E-state index in [4.69, 9.17) is 10.3 Å². The highest BCUT2D eigenvalue weighted by Crippen LogP contribution is 2.21. The number of nitrogens with zero attached hydrogens (tertiary/aromatic N) is 4. The van der Waals surface area contributed by atoms with Crippen molar-refractivity contribution in [2.45, 2.75) is 6.42 Å². The van der Waals surface area contributed by atoms with Gasteiger partial charge in [-0.3, -0.25) is 0 Å². The van der Waals surface area contributed by atoms with Crippen LogP contribution in [-0.2, 0) is 13.5 Å². The fraction of sp³-hybridized carbons (Fsp3) is 0.214. The summed E-state index contributed by atoms with van der Waals surface area (Å²) >= 11 is 0. The van der Waals surface area contributed by atoms with Crippen molar-refractivity contribution in [1.29, 1.82) is 0 Å². The van der Waals surface area contributed by atoms with Crippen molar-refractivity contribution in [2.75, 3.05) is 6.54 Å². The van der Waals surface area contributed by atoms with Crippen molar-refractivity contribution in [2.24, 2.45) is 12.8 Å². The molecule has 3 rings (SSSR count). The summed E-state index contributed by atoms with van der Waals surface area (Å²) in [6, 6.07) is 7.96. The molecule has 0 fully saturated rings. The van der Waals surface area contributed by atoms with Gasteiger partial charge < -0.3 is 14.8 Å². The van der Waals surface area contributed by atoms with Crippen LogP contribution in [0.15, 0.2) is 41.2 Å². The Labute approximate surface area is 116 Å². The lowest BCUT2D eigenvalue weighted by Crippen LogP contribution is -2.02. The minimum Gasteiger partial charge on any atom is -0.334 e. The Kier molecular flexibility index (Phi) is 3.30. The summed E-state index contributed by atoms with van der Waals surface area (Å²) in [5, 5.41) is 3.97. The zero-order valence-corrected chi connectivity index (χ0v) is 11.2. The smallest absolute Gasteiger partial charge is 0.258 e. The Balaban J connectivity index is 1.88. The molecule has 0 radical (unpaired) electrons. The van der Waals surface area contributed by atoms with Crippen LogP contribution in [0.5, 0.6) is 0 Å². The molecule has 0 aliphatic heterocycles. The maximum atomic E-state index is 5.53. The van der Waals surface area contributed by atoms with Gasteiger partial charge in [0.1, 0.15) is 0 Å². The van der Waals surface area contributed by atoms with Gasteiger partial charge in [0, 0.05) is 25.0 Å². The normalized spacial score (nSPS) is 10.9. The fourth-order valence-corrected chi connectivity index (χ4v) is 1.99. The van der Waals surface area contributed by atoms with Crippen LogP contribution in [0, 0.1) is 0 Å². The molecule has 102 valence electrons. The molecular formula is C14H15N5O. The van der Waals surface area contributed by atoms with Crippen LogP contribution in [0.25, 0.3) is 23.1 Å². The number of hydrogen-bond acceptors (Lipinski definition) is 5. The predicted molar refractivity (Wildman–Crippen MR) is 74.7 cm³/mol. The van der Waals surface area contributed by atoms with E-state index in [1.807, 2.05) is 42.1 Å². The summed E-state index contributed by atoms with van der Waals surface area (Å²) in [5.41, 5.74) is 7.61. The van der Waals surface area contributed by atoms with E-state index in [-0.39, 0.29) is 0 Å². The Hall–Kier alpha value is -2.47. The van der Waals surface area contributed by atoms with Crippen molar-refractivity contribution in [3.63, 3.8) is 0 Å². The second kappa shape index (κ2) is 5.26. The number of rotatable bonds is 4. The van der Waals surface area contributed by atoms with Crippen LogP contribution in [0.2, 0.25) is 0 Å². The molecule has 2 heterocycles. The second-order valence-electron chi connectivity index (χ2n) is 4.52. The van der Waals surface area contributed by atoms with E-state index in [2.05, 4.69) is 15.1 Å². The lowest BCUT2D eigenvalue weighted by molar-refractivity contribution is 0.431. The molecule has 0 spiro atoms. The van der Waals surface area contributed by atoms with Gasteiger partial charge in [0.05, 0.1) is 0 Å². The summed E-state index contributed by atoms with van der Waals surface area (Å²) in [7, 11) is 1.89. The molecule has 0 unspecified atom stereocenters. The van der Waals surface area contributed by atoms with Gasteiger partial charge in [-0.2, -0.15) is 4.98 Å². The number of benzene rings is 1. The molecule has 0 saturated carbocycles. The molecule has 0 aliphatic rings. The van der Waals surface area contributed by atoms with Crippen LogP contribution in [0.3, 0.4) is 0 Å². The topological polar surface area (TPSA) is 82.8 Å². The summed E-state index contributed by atoms with van der Waals surface area (Å²) < 4.78 is 7.14. The maximum Gasteiger partial charge on any atom is 0.258 e. The van der Waals surface area contributed by atoms with E-state index in [0.717, 1.165) is 12.0 Å². The average Bonchev–Trinajstić information content (AvgIpc) is 3.08. The molecule has 20 heavy (non-hydrogen) atoms. The standard InChI is InChI=1S/C14H15N5O/c1-19-9-8-16-13(19)12-17-14(20-18-12)11-4-2-10(3-5-11)6-7-15/h2-5,8-9H,6-7,15H2,1H3. The van der Waals surface area contributed by atoms with Gasteiger partial charge in [0.25, 0.3) is 5.89 Å². The van der Waals surface area contributed by atoms with E-state index < -0.39 is 0 Å². The summed E-state index contributed by atoms with van der Waals surface area (Å²) in [4.78, 5) is 8.57. The Morgan fingerprint density at radius 3 is 2.70 bits per heavy atom. The van der Waals surface area contributed by atoms with Gasteiger partial charge in [-0.1, -0.05) is 17.3 Å². The summed E-state index contributed by atoms with van der Waals surface area (Å²) in [5.74, 6) is 1.65. The van der Waals surface area contributed by atoms with Crippen molar-refractivity contribution in [3.05, 3.63) is 42.2 Å². The van der Waals surface area contributed by atoms with E-state index in [1.54, 1.807) is 6.20 Å². The molecule has 0 atom stereocenters. The van der Waals surface area contributed by atoms with Crippen LogP contribution in [0.1, 0.15) is 5.56 Å². The molecule has 6 nitrogen and oxygen atoms in total. The van der Waals surface area contributed by atoms with Crippen molar-refractivity contribution in [3.8, 4) is 23.1 Å². The number of nitrogens with two attached hydrogens (primary N) is 1. The predicted octanol–water partition coefficient (Wildman–Crippen LogP) is 1.64. The number of imidazole rings is 1. The van der Waals surface area contributed by atoms with Crippen molar-refractivity contribution in [1.82, 2.24) is 19.7 Å². The quantitative estimate of drug-likeness (QED) is 0.778. The lowest BCUT2D eigenvalue weighted by Gasteiger charge is -1.99. The van der Waals surface area contributed by atoms with Crippen LogP contribution in [0.4, 0.5) is 0 Å². The highest BCUT2D eigenvalue weighted by atomic mass is 16.5. The molecule has 0 bridgehead atoms. The maximum absolute atomic E-state index is 5.53. The number of aromatic nitrogens is 4. The third-order valence-electron chi connectivity index (χ3n) is 3.08. The summed E-state index contributed by atoms with van der Waals surface area (Å²) in [6.45, 7) is 0.642. The van der Waals surface area contributed by atoms with Crippen LogP contribution >= 0.6 is 0 Å². The van der Waals surface area contributed by atoms with Crippen molar-refractivity contribution >= 4 is 0 Å². The van der Waals surface area contributed by atoms with Crippen LogP contribution < -0.4 is 5.73 Å². The first-order chi connectivity index (χ1) is 9.78. The first-order valence-corrected chi connectivity index (χ1v) is 6.38. The zero-order valence-electron chi connectivity index (χ0n) is 11.2. The third-order valence-corrected chi connectivity index (χ3v) is 3.08. The monoisotopic (exact) mass is 269 g/mol. The molecule has 6 heteroatoms. The van der Waals surface area contributed by atoms with Gasteiger partial charge in [-0.25, -0.2) is 4.98 Å². The SMILES string of the molecule is Cn1ccnc1-c1noc(-c2ccc(CCN)cc2)n1. The fourth-order valence-electron chi connectivity index (χ4n) is 1.99. The Bertz CT molecular complexity index is 698. The summed E-state index contributed by atoms with van der Waals surface area (Å²) in [6.07, 6.45) is 4.41. The molecular weight excluding hydrogens is 254 g/mol. The zero-order chi connectivity index (χ0) is 13.9. The van der Waals surface area contributed by atoms with Crippen LogP contribution in [-0.4, -0.2) is 26.2 Å². The van der Waals surface area contributed by atoms with Gasteiger partial charge >= 0.3 is 0 Å². The number of aryl methyl sites for hydroxylation is 1. The second-order valence-corrected chi connectivity index (χ2v) is 4.52. The first kappa shape index (κ1) is 12.6. The average molecular weight is 269 g/mol. The van der Waals surface area contributed by atoms with E-state index in [9.17, 15) is 0 Å². The molecule has 3 aromatic rings. The molecule has 0 saturated heterocycles. The van der Waals surface area contributed by atoms with Crippen molar-refractivity contribution < 1.29 is 4.52 Å². The number of hydrogen-bond donors (Lipinski definition) is 1. The molecule has 0 amide bonds. The lowest BCUT2D eigenvalue weighted by atomic mass is 10.1. The minimum absolute atomic E-state index is 0.485. The van der Waals surface area contributed by atoms with Gasteiger partial charge in [-0.05, 0) is 30.7 Å². The molecule has 1 aromatic carbocycles. The molecule has 2 aromatic heterocycles.